The van der Waals surface area contributed by atoms with Crippen LogP contribution in [0.5, 0.6) is 0 Å². The molecule has 0 N–H and O–H groups in total. The number of hydrogen-bond donors (Lipinski definition) is 0. The van der Waals surface area contributed by atoms with Gasteiger partial charge in [0.15, 0.2) is 5.13 Å². The molecule has 8 heteroatoms. The fourth-order valence-corrected chi connectivity index (χ4v) is 5.54. The molecule has 3 aromatic carbocycles. The van der Waals surface area contributed by atoms with Crippen molar-refractivity contribution >= 4 is 65.9 Å². The van der Waals surface area contributed by atoms with E-state index in [1.165, 1.54) is 11.3 Å². The Morgan fingerprint density at radius 2 is 1.80 bits per heavy atom. The minimum absolute atomic E-state index is 0.0150. The van der Waals surface area contributed by atoms with Gasteiger partial charge in [-0.25, -0.2) is 9.78 Å². The first-order valence-corrected chi connectivity index (χ1v) is 12.7. The molecule has 0 saturated heterocycles. The van der Waals surface area contributed by atoms with Crippen LogP contribution in [0.25, 0.3) is 32.0 Å². The zero-order valence-electron chi connectivity index (χ0n) is 19.5. The van der Waals surface area contributed by atoms with E-state index in [1.54, 1.807) is 23.1 Å². The van der Waals surface area contributed by atoms with Gasteiger partial charge in [0, 0.05) is 18.5 Å². The topological polar surface area (TPSA) is 66.7 Å². The third-order valence-corrected chi connectivity index (χ3v) is 7.59. The van der Waals surface area contributed by atoms with Crippen molar-refractivity contribution in [2.75, 3.05) is 31.1 Å². The van der Waals surface area contributed by atoms with Gasteiger partial charge in [0.25, 0.3) is 5.91 Å². The van der Waals surface area contributed by atoms with Crippen LogP contribution in [0.1, 0.15) is 24.2 Å². The van der Waals surface area contributed by atoms with E-state index in [1.807, 2.05) is 42.5 Å². The Morgan fingerprint density at radius 3 is 2.57 bits per heavy atom. The van der Waals surface area contributed by atoms with E-state index in [2.05, 4.69) is 23.7 Å². The first kappa shape index (κ1) is 23.5. The number of para-hydroxylation sites is 1. The number of carbonyl (C=O) groups excluding carboxylic acids is 1. The lowest BCUT2D eigenvalue weighted by atomic mass is 10.0. The molecule has 0 aliphatic heterocycles. The van der Waals surface area contributed by atoms with E-state index in [-0.39, 0.29) is 5.56 Å². The molecule has 5 aromatic rings. The van der Waals surface area contributed by atoms with E-state index in [4.69, 9.17) is 16.0 Å². The normalized spacial score (nSPS) is 11.7. The zero-order chi connectivity index (χ0) is 24.5. The largest absolute Gasteiger partial charge is 0.422 e. The van der Waals surface area contributed by atoms with Crippen molar-refractivity contribution in [3.05, 3.63) is 81.7 Å². The lowest BCUT2D eigenvalue weighted by Crippen LogP contribution is -2.40. The van der Waals surface area contributed by atoms with E-state index in [0.717, 1.165) is 33.9 Å². The van der Waals surface area contributed by atoms with Crippen LogP contribution < -0.4 is 10.5 Å². The number of amides is 1. The Balaban J connectivity index is 1.63. The fourth-order valence-electron chi connectivity index (χ4n) is 4.25. The van der Waals surface area contributed by atoms with Crippen LogP contribution in [0.4, 0.5) is 5.13 Å². The van der Waals surface area contributed by atoms with Gasteiger partial charge in [-0.05, 0) is 48.1 Å². The predicted molar refractivity (Wildman–Crippen MR) is 144 cm³/mol. The molecule has 0 radical (unpaired) electrons. The SMILES string of the molecule is CCN(CC)CCN(C(=O)c1cc2c(ccc3ccccc32)oc1=O)c1nc2c(Cl)cccc2s1. The van der Waals surface area contributed by atoms with Crippen LogP contribution in [-0.2, 0) is 0 Å². The van der Waals surface area contributed by atoms with Gasteiger partial charge in [-0.15, -0.1) is 0 Å². The number of hydrogen-bond acceptors (Lipinski definition) is 6. The standard InChI is InChI=1S/C27H24ClN3O3S/c1-3-30(4-2)14-15-31(27-29-24-21(28)10-7-11-23(24)35-27)25(32)20-16-19-18-9-6-5-8-17(18)12-13-22(19)34-26(20)33/h5-13,16H,3-4,14-15H2,1-2H3. The van der Waals surface area contributed by atoms with Crippen LogP contribution in [-0.4, -0.2) is 42.0 Å². The minimum Gasteiger partial charge on any atom is -0.422 e. The number of halogens is 1. The molecule has 0 aliphatic carbocycles. The number of fused-ring (bicyclic) bond motifs is 4. The molecule has 0 saturated carbocycles. The number of benzene rings is 3. The quantitative estimate of drug-likeness (QED) is 0.195. The van der Waals surface area contributed by atoms with Gasteiger partial charge in [-0.2, -0.15) is 0 Å². The molecule has 2 heterocycles. The maximum Gasteiger partial charge on any atom is 0.349 e. The maximum atomic E-state index is 13.9. The highest BCUT2D eigenvalue weighted by molar-refractivity contribution is 7.22. The molecular formula is C27H24ClN3O3S. The molecule has 0 bridgehead atoms. The van der Waals surface area contributed by atoms with Crippen molar-refractivity contribution in [1.29, 1.82) is 0 Å². The van der Waals surface area contributed by atoms with Gasteiger partial charge >= 0.3 is 5.63 Å². The Bertz CT molecular complexity index is 1610. The molecule has 35 heavy (non-hydrogen) atoms. The highest BCUT2D eigenvalue weighted by Gasteiger charge is 2.26. The van der Waals surface area contributed by atoms with Gasteiger partial charge in [0.05, 0.1) is 9.72 Å². The summed E-state index contributed by atoms with van der Waals surface area (Å²) in [5.74, 6) is -0.434. The van der Waals surface area contributed by atoms with Crippen LogP contribution in [0.2, 0.25) is 5.02 Å². The first-order chi connectivity index (χ1) is 17.0. The van der Waals surface area contributed by atoms with Crippen LogP contribution in [0, 0.1) is 0 Å². The smallest absolute Gasteiger partial charge is 0.349 e. The molecular weight excluding hydrogens is 482 g/mol. The molecule has 0 atom stereocenters. The van der Waals surface area contributed by atoms with Gasteiger partial charge in [-0.1, -0.05) is 73.2 Å². The average Bonchev–Trinajstić information content (AvgIpc) is 3.31. The van der Waals surface area contributed by atoms with Crippen molar-refractivity contribution in [1.82, 2.24) is 9.88 Å². The number of likely N-dealkylation sites (N-methyl/N-ethyl adjacent to an activating group) is 1. The summed E-state index contributed by atoms with van der Waals surface area (Å²) in [6.45, 7) is 6.89. The number of nitrogens with zero attached hydrogens (tertiary/aromatic N) is 3. The van der Waals surface area contributed by atoms with E-state index >= 15 is 0 Å². The Hall–Kier alpha value is -3.26. The van der Waals surface area contributed by atoms with Gasteiger partial charge < -0.3 is 9.32 Å². The second-order valence-electron chi connectivity index (χ2n) is 8.21. The summed E-state index contributed by atoms with van der Waals surface area (Å²) in [4.78, 5) is 35.3. The summed E-state index contributed by atoms with van der Waals surface area (Å²) in [5.41, 5.74) is 0.418. The third-order valence-electron chi connectivity index (χ3n) is 6.24. The summed E-state index contributed by atoms with van der Waals surface area (Å²) in [5, 5.41) is 3.68. The number of anilines is 1. The summed E-state index contributed by atoms with van der Waals surface area (Å²) < 4.78 is 6.48. The Morgan fingerprint density at radius 1 is 1.00 bits per heavy atom. The molecule has 0 aliphatic rings. The fraction of sp³-hybridized carbons (Fsp3) is 0.222. The van der Waals surface area contributed by atoms with E-state index in [0.29, 0.717) is 34.3 Å². The van der Waals surface area contributed by atoms with E-state index in [9.17, 15) is 9.59 Å². The number of carbonyl (C=O) groups is 1. The summed E-state index contributed by atoms with van der Waals surface area (Å²) >= 11 is 7.74. The number of rotatable bonds is 7. The van der Waals surface area contributed by atoms with Gasteiger partial charge in [0.2, 0.25) is 0 Å². The highest BCUT2D eigenvalue weighted by atomic mass is 35.5. The molecule has 2 aromatic heterocycles. The summed E-state index contributed by atoms with van der Waals surface area (Å²) in [7, 11) is 0. The van der Waals surface area contributed by atoms with Crippen molar-refractivity contribution < 1.29 is 9.21 Å². The second-order valence-corrected chi connectivity index (χ2v) is 9.63. The third kappa shape index (κ3) is 4.43. The van der Waals surface area contributed by atoms with Crippen LogP contribution in [0.15, 0.2) is 69.9 Å². The number of aromatic nitrogens is 1. The van der Waals surface area contributed by atoms with Crippen LogP contribution >= 0.6 is 22.9 Å². The first-order valence-electron chi connectivity index (χ1n) is 11.5. The Kier molecular flexibility index (Phi) is 6.56. The van der Waals surface area contributed by atoms with Crippen molar-refractivity contribution in [3.63, 3.8) is 0 Å². The van der Waals surface area contributed by atoms with Crippen LogP contribution in [0.3, 0.4) is 0 Å². The molecule has 6 nitrogen and oxygen atoms in total. The molecule has 1 amide bonds. The number of thiazole rings is 1. The van der Waals surface area contributed by atoms with Crippen molar-refractivity contribution in [2.24, 2.45) is 0 Å². The zero-order valence-corrected chi connectivity index (χ0v) is 21.0. The van der Waals surface area contributed by atoms with E-state index < -0.39 is 11.5 Å². The molecule has 178 valence electrons. The Labute approximate surface area is 211 Å². The lowest BCUT2D eigenvalue weighted by molar-refractivity contribution is 0.0980. The van der Waals surface area contributed by atoms with Gasteiger partial charge in [-0.3, -0.25) is 9.69 Å². The molecule has 0 unspecified atom stereocenters. The molecule has 5 rings (SSSR count). The molecule has 0 fully saturated rings. The summed E-state index contributed by atoms with van der Waals surface area (Å²) in [6, 6.07) is 18.7. The van der Waals surface area contributed by atoms with Crippen molar-refractivity contribution in [3.8, 4) is 0 Å². The van der Waals surface area contributed by atoms with Crippen molar-refractivity contribution in [2.45, 2.75) is 13.8 Å². The second kappa shape index (κ2) is 9.77. The lowest BCUT2D eigenvalue weighted by Gasteiger charge is -2.24. The van der Waals surface area contributed by atoms with Gasteiger partial charge in [0.1, 0.15) is 16.7 Å². The maximum absolute atomic E-state index is 13.9. The minimum atomic E-state index is -0.662. The summed E-state index contributed by atoms with van der Waals surface area (Å²) in [6.07, 6.45) is 0. The monoisotopic (exact) mass is 505 g/mol. The molecule has 0 spiro atoms. The average molecular weight is 506 g/mol. The highest BCUT2D eigenvalue weighted by Crippen LogP contribution is 2.33. The predicted octanol–water partition coefficient (Wildman–Crippen LogP) is 6.20.